The fourth-order valence-electron chi connectivity index (χ4n) is 2.33. The van der Waals surface area contributed by atoms with Crippen LogP contribution < -0.4 is 0 Å². The van der Waals surface area contributed by atoms with Crippen molar-refractivity contribution in [2.45, 2.75) is 32.7 Å². The molecule has 0 amide bonds. The Morgan fingerprint density at radius 2 is 2.00 bits per heavy atom. The minimum atomic E-state index is 0.333. The van der Waals surface area contributed by atoms with Crippen LogP contribution in [-0.4, -0.2) is 56.7 Å². The Hall–Kier alpha value is 0.230. The lowest BCUT2D eigenvalue weighted by Gasteiger charge is -2.41. The van der Waals surface area contributed by atoms with Gasteiger partial charge in [0.05, 0.1) is 6.61 Å². The molecule has 4 heteroatoms. The van der Waals surface area contributed by atoms with E-state index in [9.17, 15) is 0 Å². The molecular formula is C13H27NO2S. The second kappa shape index (κ2) is 7.62. The van der Waals surface area contributed by atoms with Gasteiger partial charge >= 0.3 is 0 Å². The van der Waals surface area contributed by atoms with Crippen molar-refractivity contribution < 1.29 is 9.47 Å². The van der Waals surface area contributed by atoms with Gasteiger partial charge in [0.25, 0.3) is 0 Å². The first-order valence-corrected chi connectivity index (χ1v) is 7.18. The minimum Gasteiger partial charge on any atom is -0.383 e. The molecular weight excluding hydrogens is 234 g/mol. The van der Waals surface area contributed by atoms with Gasteiger partial charge in [-0.15, -0.1) is 0 Å². The van der Waals surface area contributed by atoms with Crippen molar-refractivity contribution in [3.63, 3.8) is 0 Å². The second-order valence-corrected chi connectivity index (χ2v) is 5.64. The molecule has 17 heavy (non-hydrogen) atoms. The Balaban J connectivity index is 2.55. The van der Waals surface area contributed by atoms with Crippen LogP contribution in [0.4, 0.5) is 0 Å². The van der Waals surface area contributed by atoms with E-state index < -0.39 is 0 Å². The highest BCUT2D eigenvalue weighted by Crippen LogP contribution is 2.33. The molecule has 0 aromatic heterocycles. The van der Waals surface area contributed by atoms with E-state index in [1.54, 1.807) is 7.11 Å². The summed E-state index contributed by atoms with van der Waals surface area (Å²) in [5.41, 5.74) is 0.333. The largest absolute Gasteiger partial charge is 0.383 e. The lowest BCUT2D eigenvalue weighted by atomic mass is 9.81. The lowest BCUT2D eigenvalue weighted by molar-refractivity contribution is -0.00181. The third-order valence-electron chi connectivity index (χ3n) is 3.74. The third-order valence-corrected chi connectivity index (χ3v) is 4.41. The van der Waals surface area contributed by atoms with Crippen LogP contribution in [0.2, 0.25) is 0 Å². The maximum absolute atomic E-state index is 5.47. The smallest absolute Gasteiger partial charge is 0.0589 e. The molecule has 1 saturated heterocycles. The average molecular weight is 261 g/mol. The van der Waals surface area contributed by atoms with Crippen LogP contribution in [0, 0.1) is 5.41 Å². The SMILES string of the molecule is COCCN(CC1(CS)CCOCC1)C(C)C. The van der Waals surface area contributed by atoms with Gasteiger partial charge in [-0.2, -0.15) is 12.6 Å². The van der Waals surface area contributed by atoms with Crippen LogP contribution in [0.3, 0.4) is 0 Å². The molecule has 0 radical (unpaired) electrons. The van der Waals surface area contributed by atoms with Crippen molar-refractivity contribution in [1.82, 2.24) is 4.90 Å². The Kier molecular flexibility index (Phi) is 6.85. The molecule has 0 unspecified atom stereocenters. The number of hydrogen-bond acceptors (Lipinski definition) is 4. The summed E-state index contributed by atoms with van der Waals surface area (Å²) in [4.78, 5) is 2.50. The van der Waals surface area contributed by atoms with Gasteiger partial charge < -0.3 is 9.47 Å². The Morgan fingerprint density at radius 3 is 2.47 bits per heavy atom. The topological polar surface area (TPSA) is 21.7 Å². The number of nitrogens with zero attached hydrogens (tertiary/aromatic N) is 1. The van der Waals surface area contributed by atoms with E-state index in [0.717, 1.165) is 51.5 Å². The van der Waals surface area contributed by atoms with Gasteiger partial charge in [-0.05, 0) is 37.9 Å². The molecule has 1 fully saturated rings. The van der Waals surface area contributed by atoms with Gasteiger partial charge in [0.15, 0.2) is 0 Å². The molecule has 1 rings (SSSR count). The zero-order valence-electron chi connectivity index (χ0n) is 11.4. The van der Waals surface area contributed by atoms with Gasteiger partial charge in [0.2, 0.25) is 0 Å². The van der Waals surface area contributed by atoms with Crippen molar-refractivity contribution in [3.8, 4) is 0 Å². The Morgan fingerprint density at radius 1 is 1.35 bits per heavy atom. The summed E-state index contributed by atoms with van der Waals surface area (Å²) in [7, 11) is 1.77. The first-order valence-electron chi connectivity index (χ1n) is 6.55. The Labute approximate surface area is 111 Å². The lowest BCUT2D eigenvalue weighted by Crippen LogP contribution is -2.46. The predicted molar refractivity (Wildman–Crippen MR) is 74.9 cm³/mol. The average Bonchev–Trinajstić information content (AvgIpc) is 2.35. The van der Waals surface area contributed by atoms with Crippen LogP contribution >= 0.6 is 12.6 Å². The molecule has 0 aromatic carbocycles. The number of thiol groups is 1. The van der Waals surface area contributed by atoms with E-state index in [4.69, 9.17) is 9.47 Å². The number of hydrogen-bond donors (Lipinski definition) is 1. The molecule has 1 aliphatic rings. The normalized spacial score (nSPS) is 20.1. The molecule has 0 aromatic rings. The fourth-order valence-corrected chi connectivity index (χ4v) is 2.75. The van der Waals surface area contributed by atoms with Gasteiger partial charge in [-0.1, -0.05) is 0 Å². The highest BCUT2D eigenvalue weighted by molar-refractivity contribution is 7.80. The molecule has 1 heterocycles. The van der Waals surface area contributed by atoms with E-state index in [0.29, 0.717) is 11.5 Å². The highest BCUT2D eigenvalue weighted by atomic mass is 32.1. The van der Waals surface area contributed by atoms with E-state index in [1.807, 2.05) is 0 Å². The molecule has 3 nitrogen and oxygen atoms in total. The van der Waals surface area contributed by atoms with Crippen LogP contribution in [0.25, 0.3) is 0 Å². The molecule has 102 valence electrons. The Bertz CT molecular complexity index is 206. The van der Waals surface area contributed by atoms with E-state index >= 15 is 0 Å². The van der Waals surface area contributed by atoms with Crippen molar-refractivity contribution in [2.75, 3.05) is 45.8 Å². The first-order chi connectivity index (χ1) is 8.13. The summed E-state index contributed by atoms with van der Waals surface area (Å²) in [5, 5.41) is 0. The third kappa shape index (κ3) is 4.78. The van der Waals surface area contributed by atoms with Crippen LogP contribution in [-0.2, 0) is 9.47 Å². The fraction of sp³-hybridized carbons (Fsp3) is 1.00. The maximum Gasteiger partial charge on any atom is 0.0589 e. The first kappa shape index (κ1) is 15.3. The van der Waals surface area contributed by atoms with Crippen molar-refractivity contribution in [1.29, 1.82) is 0 Å². The van der Waals surface area contributed by atoms with Gasteiger partial charge in [0.1, 0.15) is 0 Å². The molecule has 0 spiro atoms. The molecule has 0 bridgehead atoms. The van der Waals surface area contributed by atoms with Crippen LogP contribution in [0.5, 0.6) is 0 Å². The molecule has 0 aliphatic carbocycles. The number of rotatable bonds is 7. The zero-order chi connectivity index (χ0) is 12.7. The second-order valence-electron chi connectivity index (χ2n) is 5.33. The van der Waals surface area contributed by atoms with Gasteiger partial charge in [-0.3, -0.25) is 4.90 Å². The van der Waals surface area contributed by atoms with E-state index in [2.05, 4.69) is 31.4 Å². The summed E-state index contributed by atoms with van der Waals surface area (Å²) in [6.45, 7) is 9.19. The highest BCUT2D eigenvalue weighted by Gasteiger charge is 2.33. The minimum absolute atomic E-state index is 0.333. The van der Waals surface area contributed by atoms with E-state index in [-0.39, 0.29) is 0 Å². The zero-order valence-corrected chi connectivity index (χ0v) is 12.3. The molecule has 0 saturated carbocycles. The molecule has 0 N–H and O–H groups in total. The van der Waals surface area contributed by atoms with Crippen molar-refractivity contribution in [3.05, 3.63) is 0 Å². The summed E-state index contributed by atoms with van der Waals surface area (Å²) in [6.07, 6.45) is 2.26. The summed E-state index contributed by atoms with van der Waals surface area (Å²) < 4.78 is 10.7. The van der Waals surface area contributed by atoms with Gasteiger partial charge in [0, 0.05) is 39.5 Å². The van der Waals surface area contributed by atoms with Crippen LogP contribution in [0.1, 0.15) is 26.7 Å². The number of ether oxygens (including phenoxy) is 2. The van der Waals surface area contributed by atoms with Crippen LogP contribution in [0.15, 0.2) is 0 Å². The summed E-state index contributed by atoms with van der Waals surface area (Å²) in [6, 6.07) is 0.560. The van der Waals surface area contributed by atoms with Gasteiger partial charge in [-0.25, -0.2) is 0 Å². The summed E-state index contributed by atoms with van der Waals surface area (Å²) >= 11 is 4.57. The summed E-state index contributed by atoms with van der Waals surface area (Å²) in [5.74, 6) is 0.951. The molecule has 1 aliphatic heterocycles. The number of methoxy groups -OCH3 is 1. The van der Waals surface area contributed by atoms with Crippen molar-refractivity contribution in [2.24, 2.45) is 5.41 Å². The maximum atomic E-state index is 5.47. The van der Waals surface area contributed by atoms with Crippen molar-refractivity contribution >= 4 is 12.6 Å². The molecule has 0 atom stereocenters. The van der Waals surface area contributed by atoms with E-state index in [1.165, 1.54) is 0 Å². The quantitative estimate of drug-likeness (QED) is 0.709. The standard InChI is InChI=1S/C13H27NO2S/c1-12(2)14(6-9-15-3)10-13(11-17)4-7-16-8-5-13/h12,17H,4-11H2,1-3H3. The monoisotopic (exact) mass is 261 g/mol. The predicted octanol–water partition coefficient (Wildman–Crippen LogP) is 2.07.